The van der Waals surface area contributed by atoms with Gasteiger partial charge in [-0.3, -0.25) is 0 Å². The number of thiophene rings is 1. The van der Waals surface area contributed by atoms with Crippen molar-refractivity contribution in [1.29, 1.82) is 0 Å². The smallest absolute Gasteiger partial charge is 0.221 e. The largest absolute Gasteiger partial charge is 0.388 e. The van der Waals surface area contributed by atoms with Crippen molar-refractivity contribution < 1.29 is 5.11 Å². The normalized spacial score (nSPS) is 11.4. The first-order valence-corrected chi connectivity index (χ1v) is 9.52. The predicted molar refractivity (Wildman–Crippen MR) is 98.0 cm³/mol. The molecule has 0 aliphatic carbocycles. The zero-order chi connectivity index (χ0) is 16.8. The van der Waals surface area contributed by atoms with Gasteiger partial charge in [0.1, 0.15) is 6.61 Å². The molecule has 2 aromatic heterocycles. The van der Waals surface area contributed by atoms with E-state index in [-0.39, 0.29) is 6.61 Å². The van der Waals surface area contributed by atoms with Gasteiger partial charge in [-0.1, -0.05) is 0 Å². The van der Waals surface area contributed by atoms with E-state index < -0.39 is 0 Å². The average molecular weight is 356 g/mol. The number of aliphatic hydroxyl groups excluding tert-OH is 1. The van der Waals surface area contributed by atoms with E-state index in [1.807, 2.05) is 30.1 Å². The first-order chi connectivity index (χ1) is 11.0. The van der Waals surface area contributed by atoms with Gasteiger partial charge < -0.3 is 15.3 Å². The van der Waals surface area contributed by atoms with Gasteiger partial charge in [0.15, 0.2) is 5.82 Å². The van der Waals surface area contributed by atoms with Gasteiger partial charge in [-0.2, -0.15) is 21.8 Å². The number of nitrogens with zero attached hydrogens (tertiary/aromatic N) is 4. The van der Waals surface area contributed by atoms with Gasteiger partial charge in [0.05, 0.1) is 0 Å². The standard InChI is InChI=1S/C15H25N5OS2/c1-11-7-12(23-13(11)8-19(2)3)10-22-6-5-16-15-17-14(9-21)18-20(15)4/h7,21H,5-6,8-10H2,1-4H3,(H,16,17,18). The van der Waals surface area contributed by atoms with Gasteiger partial charge in [-0.25, -0.2) is 4.68 Å². The topological polar surface area (TPSA) is 66.2 Å². The molecule has 0 atom stereocenters. The fraction of sp³-hybridized carbons (Fsp3) is 0.600. The van der Waals surface area contributed by atoms with Gasteiger partial charge in [-0.05, 0) is 32.6 Å². The number of rotatable bonds is 9. The average Bonchev–Trinajstić information content (AvgIpc) is 3.01. The van der Waals surface area contributed by atoms with E-state index in [9.17, 15) is 0 Å². The van der Waals surface area contributed by atoms with Crippen LogP contribution >= 0.6 is 23.1 Å². The lowest BCUT2D eigenvalue weighted by Crippen LogP contribution is -2.09. The Morgan fingerprint density at radius 3 is 2.87 bits per heavy atom. The maximum absolute atomic E-state index is 9.02. The Hall–Kier alpha value is -1.09. The maximum Gasteiger partial charge on any atom is 0.221 e. The summed E-state index contributed by atoms with van der Waals surface area (Å²) in [5.41, 5.74) is 1.40. The van der Waals surface area contributed by atoms with Crippen molar-refractivity contribution in [2.75, 3.05) is 31.7 Å². The zero-order valence-corrected chi connectivity index (χ0v) is 15.8. The van der Waals surface area contributed by atoms with Crippen LogP contribution in [0.25, 0.3) is 0 Å². The number of hydrogen-bond acceptors (Lipinski definition) is 7. The number of nitrogens with one attached hydrogen (secondary N) is 1. The lowest BCUT2D eigenvalue weighted by molar-refractivity contribution is 0.271. The quantitative estimate of drug-likeness (QED) is 0.672. The molecule has 2 N–H and O–H groups in total. The van der Waals surface area contributed by atoms with Crippen molar-refractivity contribution >= 4 is 29.0 Å². The molecule has 0 aliphatic rings. The summed E-state index contributed by atoms with van der Waals surface area (Å²) in [6.45, 7) is 3.91. The van der Waals surface area contributed by atoms with Crippen LogP contribution in [-0.2, 0) is 26.0 Å². The number of aryl methyl sites for hydroxylation is 2. The van der Waals surface area contributed by atoms with E-state index in [0.717, 1.165) is 24.6 Å². The molecule has 0 aromatic carbocycles. The summed E-state index contributed by atoms with van der Waals surface area (Å²) < 4.78 is 1.66. The number of aromatic nitrogens is 3. The molecule has 2 heterocycles. The molecule has 0 fully saturated rings. The van der Waals surface area contributed by atoms with Crippen molar-refractivity contribution in [2.45, 2.75) is 25.8 Å². The molecular formula is C15H25N5OS2. The lowest BCUT2D eigenvalue weighted by Gasteiger charge is -2.07. The molecule has 0 saturated carbocycles. The van der Waals surface area contributed by atoms with Crippen LogP contribution in [0.15, 0.2) is 6.07 Å². The van der Waals surface area contributed by atoms with Crippen LogP contribution in [0.3, 0.4) is 0 Å². The lowest BCUT2D eigenvalue weighted by atomic mass is 10.2. The summed E-state index contributed by atoms with van der Waals surface area (Å²) in [7, 11) is 6.03. The first kappa shape index (κ1) is 18.3. The molecule has 0 bridgehead atoms. The summed E-state index contributed by atoms with van der Waals surface area (Å²) in [6.07, 6.45) is 0. The van der Waals surface area contributed by atoms with Crippen LogP contribution in [0.2, 0.25) is 0 Å². The summed E-state index contributed by atoms with van der Waals surface area (Å²) in [5, 5.41) is 16.4. The zero-order valence-electron chi connectivity index (χ0n) is 14.2. The monoisotopic (exact) mass is 355 g/mol. The molecule has 23 heavy (non-hydrogen) atoms. The third-order valence-corrected chi connectivity index (χ3v) is 5.67. The molecule has 128 valence electrons. The minimum Gasteiger partial charge on any atom is -0.388 e. The Labute approximate surface area is 145 Å². The Morgan fingerprint density at radius 2 is 2.22 bits per heavy atom. The molecule has 2 aromatic rings. The molecule has 0 spiro atoms. The predicted octanol–water partition coefficient (Wildman–Crippen LogP) is 2.08. The number of aliphatic hydroxyl groups is 1. The molecule has 0 aliphatic heterocycles. The third-order valence-electron chi connectivity index (χ3n) is 3.25. The van der Waals surface area contributed by atoms with Crippen molar-refractivity contribution in [3.63, 3.8) is 0 Å². The molecule has 2 rings (SSSR count). The highest BCUT2D eigenvalue weighted by Crippen LogP contribution is 2.26. The summed E-state index contributed by atoms with van der Waals surface area (Å²) in [5.74, 6) is 3.20. The highest BCUT2D eigenvalue weighted by atomic mass is 32.2. The number of hydrogen-bond donors (Lipinski definition) is 2. The van der Waals surface area contributed by atoms with Crippen LogP contribution in [0, 0.1) is 6.92 Å². The van der Waals surface area contributed by atoms with E-state index in [2.05, 4.69) is 47.4 Å². The fourth-order valence-corrected chi connectivity index (χ4v) is 4.43. The summed E-state index contributed by atoms with van der Waals surface area (Å²) in [4.78, 5) is 9.31. The minimum atomic E-state index is -0.128. The highest BCUT2D eigenvalue weighted by Gasteiger charge is 2.07. The van der Waals surface area contributed by atoms with E-state index in [4.69, 9.17) is 5.11 Å². The highest BCUT2D eigenvalue weighted by molar-refractivity contribution is 7.98. The first-order valence-electron chi connectivity index (χ1n) is 7.55. The molecular weight excluding hydrogens is 330 g/mol. The maximum atomic E-state index is 9.02. The van der Waals surface area contributed by atoms with Gasteiger partial charge in [-0.15, -0.1) is 11.3 Å². The second-order valence-electron chi connectivity index (χ2n) is 5.67. The van der Waals surface area contributed by atoms with Gasteiger partial charge in [0.2, 0.25) is 5.95 Å². The second kappa shape index (κ2) is 8.68. The number of thioether (sulfide) groups is 1. The van der Waals surface area contributed by atoms with Crippen LogP contribution < -0.4 is 5.32 Å². The molecule has 0 saturated heterocycles. The molecule has 0 amide bonds. The van der Waals surface area contributed by atoms with Crippen LogP contribution in [0.4, 0.5) is 5.95 Å². The van der Waals surface area contributed by atoms with Crippen molar-refractivity contribution in [3.8, 4) is 0 Å². The van der Waals surface area contributed by atoms with Gasteiger partial charge in [0.25, 0.3) is 0 Å². The van der Waals surface area contributed by atoms with E-state index in [1.54, 1.807) is 4.68 Å². The van der Waals surface area contributed by atoms with E-state index >= 15 is 0 Å². The fourth-order valence-electron chi connectivity index (χ4n) is 2.17. The van der Waals surface area contributed by atoms with E-state index in [0.29, 0.717) is 11.8 Å². The summed E-state index contributed by atoms with van der Waals surface area (Å²) >= 11 is 3.83. The Morgan fingerprint density at radius 1 is 1.43 bits per heavy atom. The van der Waals surface area contributed by atoms with Crippen molar-refractivity contribution in [3.05, 3.63) is 27.2 Å². The molecule has 6 nitrogen and oxygen atoms in total. The van der Waals surface area contributed by atoms with Gasteiger partial charge in [0, 0.05) is 41.4 Å². The van der Waals surface area contributed by atoms with Gasteiger partial charge >= 0.3 is 0 Å². The number of anilines is 1. The van der Waals surface area contributed by atoms with Crippen LogP contribution in [0.5, 0.6) is 0 Å². The Bertz CT molecular complexity index is 623. The third kappa shape index (κ3) is 5.49. The van der Waals surface area contributed by atoms with Crippen molar-refractivity contribution in [1.82, 2.24) is 19.7 Å². The molecule has 0 unspecified atom stereocenters. The molecule has 8 heteroatoms. The van der Waals surface area contributed by atoms with Crippen molar-refractivity contribution in [2.24, 2.45) is 7.05 Å². The minimum absolute atomic E-state index is 0.128. The second-order valence-corrected chi connectivity index (χ2v) is 8.00. The van der Waals surface area contributed by atoms with Crippen LogP contribution in [-0.4, -0.2) is 51.2 Å². The Kier molecular flexibility index (Phi) is 6.88. The SMILES string of the molecule is Cc1cc(CSCCNc2nc(CO)nn2C)sc1CN(C)C. The van der Waals surface area contributed by atoms with Crippen LogP contribution in [0.1, 0.15) is 21.1 Å². The molecule has 0 radical (unpaired) electrons. The Balaban J connectivity index is 1.72. The van der Waals surface area contributed by atoms with E-state index in [1.165, 1.54) is 15.3 Å². The summed E-state index contributed by atoms with van der Waals surface area (Å²) in [6, 6.07) is 2.31.